The van der Waals surface area contributed by atoms with Crippen LogP contribution < -0.4 is 5.32 Å². The fourth-order valence-electron chi connectivity index (χ4n) is 2.19. The normalized spacial score (nSPS) is 10.7. The van der Waals surface area contributed by atoms with E-state index in [9.17, 15) is 9.59 Å². The van der Waals surface area contributed by atoms with Gasteiger partial charge in [-0.3, -0.25) is 14.3 Å². The van der Waals surface area contributed by atoms with Crippen molar-refractivity contribution in [2.75, 3.05) is 20.6 Å². The molecule has 0 aliphatic heterocycles. The summed E-state index contributed by atoms with van der Waals surface area (Å²) >= 11 is 0. The highest BCUT2D eigenvalue weighted by atomic mass is 16.2. The van der Waals surface area contributed by atoms with Gasteiger partial charge in [-0.25, -0.2) is 0 Å². The summed E-state index contributed by atoms with van der Waals surface area (Å²) in [4.78, 5) is 24.7. The van der Waals surface area contributed by atoms with E-state index in [0.717, 1.165) is 10.9 Å². The Morgan fingerprint density at radius 3 is 2.77 bits per heavy atom. The van der Waals surface area contributed by atoms with E-state index in [1.807, 2.05) is 29.9 Å². The number of benzene rings is 1. The number of aromatic nitrogens is 2. The van der Waals surface area contributed by atoms with E-state index in [1.165, 1.54) is 10.5 Å². The highest BCUT2D eigenvalue weighted by Crippen LogP contribution is 2.15. The van der Waals surface area contributed by atoms with E-state index in [1.54, 1.807) is 14.1 Å². The topological polar surface area (TPSA) is 67.2 Å². The molecule has 2 aromatic rings. The summed E-state index contributed by atoms with van der Waals surface area (Å²) in [5.41, 5.74) is 2.21. The number of hydrogen-bond acceptors (Lipinski definition) is 3. The first kappa shape index (κ1) is 16.0. The van der Waals surface area contributed by atoms with Gasteiger partial charge in [0, 0.05) is 38.9 Å². The van der Waals surface area contributed by atoms with Gasteiger partial charge in [0.25, 0.3) is 0 Å². The Kier molecular flexibility index (Phi) is 5.14. The fraction of sp³-hybridized carbons (Fsp3) is 0.438. The molecule has 0 aliphatic carbocycles. The van der Waals surface area contributed by atoms with Gasteiger partial charge in [0.1, 0.15) is 0 Å². The van der Waals surface area contributed by atoms with Crippen LogP contribution in [0.25, 0.3) is 10.9 Å². The van der Waals surface area contributed by atoms with Crippen molar-refractivity contribution in [1.82, 2.24) is 20.0 Å². The molecule has 118 valence electrons. The van der Waals surface area contributed by atoms with Crippen LogP contribution in [0.3, 0.4) is 0 Å². The summed E-state index contributed by atoms with van der Waals surface area (Å²) in [6, 6.07) is 6.14. The highest BCUT2D eigenvalue weighted by Gasteiger charge is 2.08. The van der Waals surface area contributed by atoms with Crippen LogP contribution in [0.1, 0.15) is 18.4 Å². The van der Waals surface area contributed by atoms with Gasteiger partial charge in [-0.1, -0.05) is 12.1 Å². The lowest BCUT2D eigenvalue weighted by Crippen LogP contribution is -2.30. The molecule has 1 aromatic heterocycles. The summed E-state index contributed by atoms with van der Waals surface area (Å²) in [7, 11) is 3.41. The van der Waals surface area contributed by atoms with E-state index in [-0.39, 0.29) is 11.8 Å². The first-order valence-corrected chi connectivity index (χ1v) is 7.36. The Hall–Kier alpha value is -2.37. The van der Waals surface area contributed by atoms with Crippen molar-refractivity contribution < 1.29 is 9.59 Å². The molecular formula is C16H22N4O2. The van der Waals surface area contributed by atoms with E-state index < -0.39 is 0 Å². The number of nitrogens with zero attached hydrogens (tertiary/aromatic N) is 3. The second-order valence-corrected chi connectivity index (χ2v) is 5.57. The molecule has 2 rings (SSSR count). The first-order valence-electron chi connectivity index (χ1n) is 7.36. The zero-order valence-corrected chi connectivity index (χ0v) is 13.3. The summed E-state index contributed by atoms with van der Waals surface area (Å²) in [6.45, 7) is 2.93. The SMILES string of the molecule is Cc1ccc2cnn(CCC(=O)NCCC(=O)N(C)C)c2c1. The van der Waals surface area contributed by atoms with E-state index in [2.05, 4.69) is 16.5 Å². The average molecular weight is 302 g/mol. The van der Waals surface area contributed by atoms with Crippen LogP contribution in [0.4, 0.5) is 0 Å². The van der Waals surface area contributed by atoms with Crippen LogP contribution in [-0.4, -0.2) is 47.1 Å². The zero-order chi connectivity index (χ0) is 16.1. The minimum Gasteiger partial charge on any atom is -0.356 e. The number of amides is 2. The summed E-state index contributed by atoms with van der Waals surface area (Å²) in [5, 5.41) is 8.15. The molecule has 0 saturated heterocycles. The van der Waals surface area contributed by atoms with Gasteiger partial charge in [-0.15, -0.1) is 0 Å². The quantitative estimate of drug-likeness (QED) is 0.875. The second kappa shape index (κ2) is 7.06. The molecule has 0 saturated carbocycles. The Morgan fingerprint density at radius 1 is 1.27 bits per heavy atom. The number of rotatable bonds is 6. The maximum absolute atomic E-state index is 11.8. The summed E-state index contributed by atoms with van der Waals surface area (Å²) in [5.74, 6) is -0.0586. The molecule has 1 aromatic carbocycles. The number of fused-ring (bicyclic) bond motifs is 1. The Labute approximate surface area is 130 Å². The molecule has 2 amide bonds. The molecule has 0 spiro atoms. The molecule has 6 nitrogen and oxygen atoms in total. The Morgan fingerprint density at radius 2 is 2.05 bits per heavy atom. The molecular weight excluding hydrogens is 280 g/mol. The van der Waals surface area contributed by atoms with Crippen molar-refractivity contribution in [3.05, 3.63) is 30.0 Å². The maximum atomic E-state index is 11.8. The summed E-state index contributed by atoms with van der Waals surface area (Å²) < 4.78 is 1.84. The molecule has 0 radical (unpaired) electrons. The number of aryl methyl sites for hydroxylation is 2. The predicted octanol–water partition coefficient (Wildman–Crippen LogP) is 1.33. The largest absolute Gasteiger partial charge is 0.356 e. The molecule has 1 N–H and O–H groups in total. The molecule has 22 heavy (non-hydrogen) atoms. The third-order valence-electron chi connectivity index (χ3n) is 3.51. The van der Waals surface area contributed by atoms with Crippen LogP contribution in [0.15, 0.2) is 24.4 Å². The number of carbonyl (C=O) groups excluding carboxylic acids is 2. The van der Waals surface area contributed by atoms with Crippen molar-refractivity contribution in [1.29, 1.82) is 0 Å². The van der Waals surface area contributed by atoms with Crippen molar-refractivity contribution in [2.45, 2.75) is 26.3 Å². The zero-order valence-electron chi connectivity index (χ0n) is 13.3. The van der Waals surface area contributed by atoms with Crippen molar-refractivity contribution >= 4 is 22.7 Å². The Balaban J connectivity index is 1.83. The number of carbonyl (C=O) groups is 2. The van der Waals surface area contributed by atoms with E-state index >= 15 is 0 Å². The highest BCUT2D eigenvalue weighted by molar-refractivity contribution is 5.80. The van der Waals surface area contributed by atoms with Crippen LogP contribution >= 0.6 is 0 Å². The van der Waals surface area contributed by atoms with Gasteiger partial charge in [-0.2, -0.15) is 5.10 Å². The standard InChI is InChI=1S/C16H22N4O2/c1-12-4-5-13-11-18-20(14(13)10-12)9-7-15(21)17-8-6-16(22)19(2)3/h4-5,10-11H,6-9H2,1-3H3,(H,17,21). The van der Waals surface area contributed by atoms with Crippen LogP contribution in [0, 0.1) is 6.92 Å². The molecule has 0 fully saturated rings. The van der Waals surface area contributed by atoms with Gasteiger partial charge in [-0.05, 0) is 18.6 Å². The Bertz CT molecular complexity index is 676. The summed E-state index contributed by atoms with van der Waals surface area (Å²) in [6.07, 6.45) is 2.48. The number of nitrogens with one attached hydrogen (secondary N) is 1. The molecule has 0 bridgehead atoms. The minimum atomic E-state index is -0.0668. The third kappa shape index (κ3) is 4.07. The second-order valence-electron chi connectivity index (χ2n) is 5.57. The molecule has 6 heteroatoms. The fourth-order valence-corrected chi connectivity index (χ4v) is 2.19. The van der Waals surface area contributed by atoms with Crippen molar-refractivity contribution in [3.8, 4) is 0 Å². The lowest BCUT2D eigenvalue weighted by Gasteiger charge is -2.10. The molecule has 0 aliphatic rings. The number of hydrogen-bond donors (Lipinski definition) is 1. The van der Waals surface area contributed by atoms with Crippen LogP contribution in [-0.2, 0) is 16.1 Å². The van der Waals surface area contributed by atoms with Crippen molar-refractivity contribution in [2.24, 2.45) is 0 Å². The van der Waals surface area contributed by atoms with Crippen molar-refractivity contribution in [3.63, 3.8) is 0 Å². The first-order chi connectivity index (χ1) is 10.5. The molecule has 1 heterocycles. The van der Waals surface area contributed by atoms with E-state index in [0.29, 0.717) is 25.9 Å². The van der Waals surface area contributed by atoms with Gasteiger partial charge in [0.15, 0.2) is 0 Å². The van der Waals surface area contributed by atoms with Gasteiger partial charge in [0.05, 0.1) is 18.3 Å². The third-order valence-corrected chi connectivity index (χ3v) is 3.51. The molecule has 0 atom stereocenters. The minimum absolute atomic E-state index is 0.00819. The maximum Gasteiger partial charge on any atom is 0.223 e. The van der Waals surface area contributed by atoms with Gasteiger partial charge in [0.2, 0.25) is 11.8 Å². The van der Waals surface area contributed by atoms with Gasteiger partial charge >= 0.3 is 0 Å². The average Bonchev–Trinajstić information content (AvgIpc) is 2.87. The predicted molar refractivity (Wildman–Crippen MR) is 85.4 cm³/mol. The van der Waals surface area contributed by atoms with Crippen LogP contribution in [0.2, 0.25) is 0 Å². The van der Waals surface area contributed by atoms with Gasteiger partial charge < -0.3 is 10.2 Å². The lowest BCUT2D eigenvalue weighted by molar-refractivity contribution is -0.128. The lowest BCUT2D eigenvalue weighted by atomic mass is 10.2. The molecule has 0 unspecified atom stereocenters. The van der Waals surface area contributed by atoms with E-state index in [4.69, 9.17) is 0 Å². The van der Waals surface area contributed by atoms with Crippen LogP contribution in [0.5, 0.6) is 0 Å². The smallest absolute Gasteiger partial charge is 0.223 e. The monoisotopic (exact) mass is 302 g/mol.